The number of rotatable bonds is 4. The number of carboxylic acids is 1. The minimum atomic E-state index is -0.711. The van der Waals surface area contributed by atoms with E-state index in [0.717, 1.165) is 19.3 Å². The quantitative estimate of drug-likeness (QED) is 0.745. The van der Waals surface area contributed by atoms with E-state index in [4.69, 9.17) is 5.11 Å². The van der Waals surface area contributed by atoms with E-state index in [-0.39, 0.29) is 6.42 Å². The van der Waals surface area contributed by atoms with Crippen LogP contribution in [0.1, 0.15) is 25.7 Å². The van der Waals surface area contributed by atoms with E-state index in [0.29, 0.717) is 5.92 Å². The van der Waals surface area contributed by atoms with Crippen molar-refractivity contribution in [3.63, 3.8) is 0 Å². The van der Waals surface area contributed by atoms with Crippen LogP contribution in [0.25, 0.3) is 0 Å². The van der Waals surface area contributed by atoms with Crippen molar-refractivity contribution >= 4 is 12.2 Å². The van der Waals surface area contributed by atoms with E-state index in [1.165, 1.54) is 0 Å². The number of nitrogens with zero attached hydrogens (tertiary/aromatic N) is 1. The summed E-state index contributed by atoms with van der Waals surface area (Å²) in [7, 11) is 0. The number of hydrogen-bond acceptors (Lipinski definition) is 2. The smallest absolute Gasteiger partial charge is 0.303 e. The van der Waals surface area contributed by atoms with Crippen LogP contribution in [-0.2, 0) is 4.79 Å². The Hall–Kier alpha value is -1.38. The fraction of sp³-hybridized carbons (Fsp3) is 0.455. The van der Waals surface area contributed by atoms with Crippen molar-refractivity contribution in [1.82, 2.24) is 0 Å². The van der Waals surface area contributed by atoms with Crippen LogP contribution in [0.15, 0.2) is 29.4 Å². The van der Waals surface area contributed by atoms with Crippen LogP contribution in [0.2, 0.25) is 0 Å². The van der Waals surface area contributed by atoms with E-state index < -0.39 is 5.97 Å². The van der Waals surface area contributed by atoms with E-state index in [1.807, 2.05) is 12.2 Å². The summed E-state index contributed by atoms with van der Waals surface area (Å²) in [5.74, 6) is -0.255. The lowest BCUT2D eigenvalue weighted by molar-refractivity contribution is -0.137. The Bertz CT molecular complexity index is 266. The van der Waals surface area contributed by atoms with Crippen molar-refractivity contribution in [1.29, 1.82) is 0 Å². The molecule has 0 spiro atoms. The molecule has 1 N–H and O–H groups in total. The number of carboxylic acid groups (broad SMARTS) is 1. The lowest BCUT2D eigenvalue weighted by Crippen LogP contribution is -2.00. The zero-order valence-electron chi connectivity index (χ0n) is 8.10. The standard InChI is InChI=1S/C11H15NO2/c13-11(14)7-1-4-10-5-2-8-12-9-3-6-10/h2-3,5,8-10H,1,4,6-7H2,(H,13,14)/b5-2-,9-3-,12-8-. The van der Waals surface area contributed by atoms with Crippen molar-refractivity contribution < 1.29 is 9.90 Å². The molecule has 0 fully saturated rings. The molecule has 1 rings (SSSR count). The first-order chi connectivity index (χ1) is 6.79. The van der Waals surface area contributed by atoms with Crippen LogP contribution in [-0.4, -0.2) is 17.3 Å². The SMILES string of the molecule is O=C(O)CCCC1\C=C/C=N\C=C/C1. The molecule has 0 aromatic heterocycles. The van der Waals surface area contributed by atoms with Gasteiger partial charge < -0.3 is 5.11 Å². The Morgan fingerprint density at radius 1 is 1.57 bits per heavy atom. The van der Waals surface area contributed by atoms with Gasteiger partial charge in [0.2, 0.25) is 0 Å². The third kappa shape index (κ3) is 4.60. The molecule has 1 aliphatic rings. The van der Waals surface area contributed by atoms with Gasteiger partial charge in [0, 0.05) is 18.8 Å². The molecule has 0 bridgehead atoms. The average Bonchev–Trinajstić information content (AvgIpc) is 2.07. The normalized spacial score (nSPS) is 27.3. The summed E-state index contributed by atoms with van der Waals surface area (Å²) in [4.78, 5) is 14.3. The molecule has 1 atom stereocenters. The molecule has 0 amide bonds. The Labute approximate surface area is 83.9 Å². The first-order valence-corrected chi connectivity index (χ1v) is 4.86. The molecule has 1 aliphatic heterocycles. The van der Waals surface area contributed by atoms with Crippen LogP contribution < -0.4 is 0 Å². The summed E-state index contributed by atoms with van der Waals surface area (Å²) in [5.41, 5.74) is 0. The lowest BCUT2D eigenvalue weighted by atomic mass is 9.97. The maximum atomic E-state index is 10.3. The second kappa shape index (κ2) is 6.13. The van der Waals surface area contributed by atoms with Gasteiger partial charge in [-0.3, -0.25) is 9.79 Å². The maximum Gasteiger partial charge on any atom is 0.303 e. The summed E-state index contributed by atoms with van der Waals surface area (Å²) < 4.78 is 0. The van der Waals surface area contributed by atoms with Crippen molar-refractivity contribution in [3.05, 3.63) is 24.4 Å². The number of carbonyl (C=O) groups is 1. The summed E-state index contributed by atoms with van der Waals surface area (Å²) in [6.07, 6.45) is 12.5. The molecule has 0 radical (unpaired) electrons. The van der Waals surface area contributed by atoms with Crippen LogP contribution in [0, 0.1) is 5.92 Å². The van der Waals surface area contributed by atoms with Crippen LogP contribution >= 0.6 is 0 Å². The highest BCUT2D eigenvalue weighted by Gasteiger charge is 2.05. The second-order valence-electron chi connectivity index (χ2n) is 3.35. The molecule has 1 unspecified atom stereocenters. The molecule has 0 aliphatic carbocycles. The van der Waals surface area contributed by atoms with Crippen LogP contribution in [0.5, 0.6) is 0 Å². The average molecular weight is 193 g/mol. The minimum Gasteiger partial charge on any atom is -0.481 e. The van der Waals surface area contributed by atoms with E-state index in [2.05, 4.69) is 11.1 Å². The topological polar surface area (TPSA) is 49.7 Å². The molecule has 14 heavy (non-hydrogen) atoms. The molecule has 0 aromatic carbocycles. The zero-order valence-corrected chi connectivity index (χ0v) is 8.10. The number of allylic oxidation sites excluding steroid dienone is 3. The number of hydrogen-bond donors (Lipinski definition) is 1. The lowest BCUT2D eigenvalue weighted by Gasteiger charge is -2.09. The van der Waals surface area contributed by atoms with Crippen molar-refractivity contribution in [2.45, 2.75) is 25.7 Å². The summed E-state index contributed by atoms with van der Waals surface area (Å²) in [6, 6.07) is 0. The van der Waals surface area contributed by atoms with Gasteiger partial charge in [0.1, 0.15) is 0 Å². The molecule has 0 aromatic rings. The maximum absolute atomic E-state index is 10.3. The molecule has 0 saturated carbocycles. The van der Waals surface area contributed by atoms with Gasteiger partial charge in [-0.25, -0.2) is 0 Å². The van der Waals surface area contributed by atoms with Crippen molar-refractivity contribution in [2.24, 2.45) is 10.9 Å². The van der Waals surface area contributed by atoms with E-state index in [9.17, 15) is 4.79 Å². The van der Waals surface area contributed by atoms with Gasteiger partial charge in [-0.1, -0.05) is 12.2 Å². The predicted octanol–water partition coefficient (Wildman–Crippen LogP) is 2.40. The fourth-order valence-corrected chi connectivity index (χ4v) is 1.41. The van der Waals surface area contributed by atoms with Gasteiger partial charge in [0.15, 0.2) is 0 Å². The summed E-state index contributed by atoms with van der Waals surface area (Å²) >= 11 is 0. The molecular weight excluding hydrogens is 178 g/mol. The first kappa shape index (κ1) is 10.7. The number of aliphatic carboxylic acids is 1. The first-order valence-electron chi connectivity index (χ1n) is 4.86. The molecular formula is C11H15NO2. The predicted molar refractivity (Wildman–Crippen MR) is 56.4 cm³/mol. The van der Waals surface area contributed by atoms with Crippen LogP contribution in [0.3, 0.4) is 0 Å². The van der Waals surface area contributed by atoms with Crippen molar-refractivity contribution in [3.8, 4) is 0 Å². The van der Waals surface area contributed by atoms with Crippen LogP contribution in [0.4, 0.5) is 0 Å². The molecule has 0 saturated heterocycles. The summed E-state index contributed by atoms with van der Waals surface area (Å²) in [6.45, 7) is 0. The molecule has 3 heteroatoms. The highest BCUT2D eigenvalue weighted by Crippen LogP contribution is 2.15. The van der Waals surface area contributed by atoms with Gasteiger partial charge >= 0.3 is 5.97 Å². The Morgan fingerprint density at radius 2 is 2.43 bits per heavy atom. The Kier molecular flexibility index (Phi) is 4.69. The molecule has 1 heterocycles. The highest BCUT2D eigenvalue weighted by molar-refractivity contribution is 5.71. The van der Waals surface area contributed by atoms with Gasteiger partial charge in [0.25, 0.3) is 0 Å². The van der Waals surface area contributed by atoms with E-state index in [1.54, 1.807) is 12.4 Å². The fourth-order valence-electron chi connectivity index (χ4n) is 1.41. The van der Waals surface area contributed by atoms with Gasteiger partial charge in [-0.2, -0.15) is 0 Å². The zero-order chi connectivity index (χ0) is 10.2. The number of aliphatic imine (C=N–C) groups is 1. The Morgan fingerprint density at radius 3 is 3.21 bits per heavy atom. The van der Waals surface area contributed by atoms with Crippen molar-refractivity contribution in [2.75, 3.05) is 0 Å². The third-order valence-electron chi connectivity index (χ3n) is 2.15. The minimum absolute atomic E-state index is 0.266. The van der Waals surface area contributed by atoms with Gasteiger partial charge in [0.05, 0.1) is 0 Å². The monoisotopic (exact) mass is 193 g/mol. The Balaban J connectivity index is 2.29. The third-order valence-corrected chi connectivity index (χ3v) is 2.15. The van der Waals surface area contributed by atoms with Gasteiger partial charge in [-0.05, 0) is 31.3 Å². The summed E-state index contributed by atoms with van der Waals surface area (Å²) in [5, 5.41) is 8.49. The molecule has 3 nitrogen and oxygen atoms in total. The second-order valence-corrected chi connectivity index (χ2v) is 3.35. The van der Waals surface area contributed by atoms with Gasteiger partial charge in [-0.15, -0.1) is 0 Å². The largest absolute Gasteiger partial charge is 0.481 e. The van der Waals surface area contributed by atoms with E-state index >= 15 is 0 Å². The molecule has 76 valence electrons. The highest BCUT2D eigenvalue weighted by atomic mass is 16.4.